The first kappa shape index (κ1) is 18.8. The molecule has 2 amide bonds. The van der Waals surface area contributed by atoms with Crippen LogP contribution in [0.3, 0.4) is 0 Å². The highest BCUT2D eigenvalue weighted by Gasteiger charge is 2.37. The van der Waals surface area contributed by atoms with Gasteiger partial charge < -0.3 is 24.8 Å². The standard InChI is InChI=1S/C21H20N2O6/c24-18-10-14(20(25)22-19(21(26)27)13-4-2-1-3-5-13)12-23(18)15-6-7-16-17(11-15)29-9-8-28-16/h1-7,11,14,19H,8-10,12H2,(H,22,25)(H,26,27). The molecule has 0 bridgehead atoms. The van der Waals surface area contributed by atoms with E-state index < -0.39 is 23.8 Å². The van der Waals surface area contributed by atoms with E-state index in [-0.39, 0.29) is 18.9 Å². The number of carbonyl (C=O) groups is 3. The van der Waals surface area contributed by atoms with E-state index in [4.69, 9.17) is 9.47 Å². The van der Waals surface area contributed by atoms with Crippen LogP contribution in [0.1, 0.15) is 18.0 Å². The third-order valence-electron chi connectivity index (χ3n) is 5.00. The number of nitrogens with one attached hydrogen (secondary N) is 1. The average molecular weight is 396 g/mol. The number of hydrogen-bond donors (Lipinski definition) is 2. The van der Waals surface area contributed by atoms with Gasteiger partial charge in [-0.05, 0) is 17.7 Å². The molecule has 2 aliphatic heterocycles. The summed E-state index contributed by atoms with van der Waals surface area (Å²) in [5, 5.41) is 12.1. The molecule has 0 aromatic heterocycles. The summed E-state index contributed by atoms with van der Waals surface area (Å²) in [4.78, 5) is 38.3. The Hall–Kier alpha value is -3.55. The van der Waals surface area contributed by atoms with Gasteiger partial charge in [-0.2, -0.15) is 0 Å². The van der Waals surface area contributed by atoms with E-state index >= 15 is 0 Å². The molecule has 0 aliphatic carbocycles. The van der Waals surface area contributed by atoms with E-state index in [0.717, 1.165) is 0 Å². The molecule has 2 N–H and O–H groups in total. The number of carboxylic acids is 1. The van der Waals surface area contributed by atoms with Gasteiger partial charge in [-0.15, -0.1) is 0 Å². The number of hydrogen-bond acceptors (Lipinski definition) is 5. The molecule has 2 atom stereocenters. The summed E-state index contributed by atoms with van der Waals surface area (Å²) in [6.07, 6.45) is 0.0153. The van der Waals surface area contributed by atoms with Crippen LogP contribution in [-0.4, -0.2) is 42.6 Å². The van der Waals surface area contributed by atoms with Gasteiger partial charge in [0.2, 0.25) is 11.8 Å². The lowest BCUT2D eigenvalue weighted by Gasteiger charge is -2.22. The van der Waals surface area contributed by atoms with Crippen LogP contribution in [-0.2, 0) is 14.4 Å². The molecule has 1 saturated heterocycles. The molecule has 1 fully saturated rings. The van der Waals surface area contributed by atoms with Crippen LogP contribution in [0.25, 0.3) is 0 Å². The lowest BCUT2D eigenvalue weighted by Crippen LogP contribution is -2.38. The van der Waals surface area contributed by atoms with Crippen LogP contribution in [0.2, 0.25) is 0 Å². The van der Waals surface area contributed by atoms with E-state index in [0.29, 0.717) is 36.0 Å². The van der Waals surface area contributed by atoms with Crippen molar-refractivity contribution in [3.05, 3.63) is 54.1 Å². The third kappa shape index (κ3) is 3.87. The number of rotatable bonds is 5. The zero-order chi connectivity index (χ0) is 20.4. The number of aliphatic carboxylic acids is 1. The number of fused-ring (bicyclic) bond motifs is 1. The van der Waals surface area contributed by atoms with Crippen molar-refractivity contribution in [2.75, 3.05) is 24.7 Å². The Morgan fingerprint density at radius 2 is 1.79 bits per heavy atom. The van der Waals surface area contributed by atoms with Gasteiger partial charge in [0, 0.05) is 24.7 Å². The van der Waals surface area contributed by atoms with E-state index in [1.807, 2.05) is 0 Å². The summed E-state index contributed by atoms with van der Waals surface area (Å²) in [5.41, 5.74) is 1.09. The second-order valence-corrected chi connectivity index (χ2v) is 6.92. The minimum absolute atomic E-state index is 0.0153. The average Bonchev–Trinajstić information content (AvgIpc) is 3.13. The molecule has 2 heterocycles. The second kappa shape index (κ2) is 7.83. The van der Waals surface area contributed by atoms with Crippen molar-refractivity contribution >= 4 is 23.5 Å². The SMILES string of the molecule is O=C(NC(C(=O)O)c1ccccc1)C1CC(=O)N(c2ccc3c(c2)OCCO3)C1. The summed E-state index contributed by atoms with van der Waals surface area (Å²) in [6, 6.07) is 12.5. The zero-order valence-electron chi connectivity index (χ0n) is 15.5. The van der Waals surface area contributed by atoms with Crippen LogP contribution in [0.5, 0.6) is 11.5 Å². The lowest BCUT2D eigenvalue weighted by atomic mass is 10.0. The fraction of sp³-hybridized carbons (Fsp3) is 0.286. The number of ether oxygens (including phenoxy) is 2. The first-order chi connectivity index (χ1) is 14.0. The highest BCUT2D eigenvalue weighted by atomic mass is 16.6. The van der Waals surface area contributed by atoms with Gasteiger partial charge in [-0.1, -0.05) is 30.3 Å². The van der Waals surface area contributed by atoms with Gasteiger partial charge in [-0.3, -0.25) is 9.59 Å². The maximum atomic E-state index is 12.7. The predicted molar refractivity (Wildman–Crippen MR) is 103 cm³/mol. The topological polar surface area (TPSA) is 105 Å². The quantitative estimate of drug-likeness (QED) is 0.798. The molecule has 0 spiro atoms. The molecule has 150 valence electrons. The fourth-order valence-corrected chi connectivity index (χ4v) is 3.53. The Morgan fingerprint density at radius 1 is 1.07 bits per heavy atom. The minimum Gasteiger partial charge on any atom is -0.486 e. The number of anilines is 1. The van der Waals surface area contributed by atoms with Crippen molar-refractivity contribution in [2.24, 2.45) is 5.92 Å². The van der Waals surface area contributed by atoms with Crippen molar-refractivity contribution in [3.63, 3.8) is 0 Å². The Kier molecular flexibility index (Phi) is 5.07. The van der Waals surface area contributed by atoms with Crippen molar-refractivity contribution in [1.29, 1.82) is 0 Å². The first-order valence-electron chi connectivity index (χ1n) is 9.31. The van der Waals surface area contributed by atoms with Gasteiger partial charge in [0.1, 0.15) is 13.2 Å². The van der Waals surface area contributed by atoms with Gasteiger partial charge >= 0.3 is 5.97 Å². The second-order valence-electron chi connectivity index (χ2n) is 6.92. The van der Waals surface area contributed by atoms with Crippen molar-refractivity contribution in [2.45, 2.75) is 12.5 Å². The number of nitrogens with zero attached hydrogens (tertiary/aromatic N) is 1. The minimum atomic E-state index is -1.16. The molecular weight excluding hydrogens is 376 g/mol. The summed E-state index contributed by atoms with van der Waals surface area (Å²) in [6.45, 7) is 1.08. The van der Waals surface area contributed by atoms with Crippen molar-refractivity contribution in [1.82, 2.24) is 5.32 Å². The highest BCUT2D eigenvalue weighted by Crippen LogP contribution is 2.36. The third-order valence-corrected chi connectivity index (χ3v) is 5.00. The molecule has 0 radical (unpaired) electrons. The van der Waals surface area contributed by atoms with Crippen molar-refractivity contribution < 1.29 is 29.0 Å². The number of carbonyl (C=O) groups excluding carboxylic acids is 2. The Bertz CT molecular complexity index is 945. The Balaban J connectivity index is 1.47. The van der Waals surface area contributed by atoms with Gasteiger partial charge in [0.25, 0.3) is 0 Å². The molecule has 8 heteroatoms. The van der Waals surface area contributed by atoms with Crippen molar-refractivity contribution in [3.8, 4) is 11.5 Å². The van der Waals surface area contributed by atoms with Gasteiger partial charge in [-0.25, -0.2) is 4.79 Å². The molecule has 4 rings (SSSR count). The van der Waals surface area contributed by atoms with Crippen LogP contribution in [0.4, 0.5) is 5.69 Å². The first-order valence-corrected chi connectivity index (χ1v) is 9.31. The van der Waals surface area contributed by atoms with Crippen LogP contribution >= 0.6 is 0 Å². The van der Waals surface area contributed by atoms with E-state index in [1.165, 1.54) is 4.90 Å². The molecule has 2 aliphatic rings. The molecule has 8 nitrogen and oxygen atoms in total. The smallest absolute Gasteiger partial charge is 0.330 e. The molecule has 0 saturated carbocycles. The molecular formula is C21H20N2O6. The molecule has 29 heavy (non-hydrogen) atoms. The fourth-order valence-electron chi connectivity index (χ4n) is 3.53. The Labute approximate surface area is 167 Å². The van der Waals surface area contributed by atoms with E-state index in [9.17, 15) is 19.5 Å². The normalized spacial score (nSPS) is 19.0. The Morgan fingerprint density at radius 3 is 2.52 bits per heavy atom. The van der Waals surface area contributed by atoms with Gasteiger partial charge in [0.15, 0.2) is 17.5 Å². The van der Waals surface area contributed by atoms with Crippen LogP contribution in [0, 0.1) is 5.92 Å². The maximum absolute atomic E-state index is 12.7. The van der Waals surface area contributed by atoms with Gasteiger partial charge in [0.05, 0.1) is 5.92 Å². The van der Waals surface area contributed by atoms with Crippen LogP contribution in [0.15, 0.2) is 48.5 Å². The zero-order valence-corrected chi connectivity index (χ0v) is 15.5. The predicted octanol–water partition coefficient (Wildman–Crippen LogP) is 1.75. The van der Waals surface area contributed by atoms with E-state index in [2.05, 4.69) is 5.32 Å². The summed E-state index contributed by atoms with van der Waals surface area (Å²) >= 11 is 0. The number of amides is 2. The molecule has 2 aromatic carbocycles. The number of carboxylic acid groups (broad SMARTS) is 1. The van der Waals surface area contributed by atoms with Crippen LogP contribution < -0.4 is 19.7 Å². The van der Waals surface area contributed by atoms with E-state index in [1.54, 1.807) is 48.5 Å². The lowest BCUT2D eigenvalue weighted by molar-refractivity contribution is -0.142. The largest absolute Gasteiger partial charge is 0.486 e. The highest BCUT2D eigenvalue weighted by molar-refractivity contribution is 6.01. The summed E-state index contributed by atoms with van der Waals surface area (Å²) < 4.78 is 11.0. The molecule has 2 aromatic rings. The number of benzene rings is 2. The molecule has 2 unspecified atom stereocenters. The summed E-state index contributed by atoms with van der Waals surface area (Å²) in [5.74, 6) is -1.28. The maximum Gasteiger partial charge on any atom is 0.330 e. The summed E-state index contributed by atoms with van der Waals surface area (Å²) in [7, 11) is 0. The monoisotopic (exact) mass is 396 g/mol.